The molecule has 0 spiro atoms. The Hall–Kier alpha value is -3.72. The number of aliphatic hydroxyl groups excluding tert-OH is 1. The zero-order valence-electron chi connectivity index (χ0n) is 31.1. The summed E-state index contributed by atoms with van der Waals surface area (Å²) in [6, 6.07) is 15.6. The highest BCUT2D eigenvalue weighted by Crippen LogP contribution is 2.59. The summed E-state index contributed by atoms with van der Waals surface area (Å²) in [4.78, 5) is 30.0. The number of hydrogen-bond acceptors (Lipinski definition) is 6. The van der Waals surface area contributed by atoms with Gasteiger partial charge in [0.05, 0.1) is 32.3 Å². The first kappa shape index (κ1) is 39.5. The molecule has 6 rings (SSSR count). The van der Waals surface area contributed by atoms with Crippen molar-refractivity contribution >= 4 is 23.3 Å². The number of amides is 1. The van der Waals surface area contributed by atoms with Gasteiger partial charge in [-0.3, -0.25) is 9.59 Å². The second kappa shape index (κ2) is 17.0. The lowest BCUT2D eigenvalue weighted by Crippen LogP contribution is -2.54. The van der Waals surface area contributed by atoms with Crippen LogP contribution in [0.3, 0.4) is 0 Å². The van der Waals surface area contributed by atoms with Gasteiger partial charge in [0.2, 0.25) is 5.91 Å². The van der Waals surface area contributed by atoms with Crippen LogP contribution in [0, 0.1) is 11.2 Å². The number of methoxy groups -OCH3 is 2. The number of allylic oxidation sites excluding steroid dienone is 2. The molecule has 4 atom stereocenters. The largest absolute Gasteiger partial charge is 0.493 e. The van der Waals surface area contributed by atoms with Gasteiger partial charge in [0, 0.05) is 41.1 Å². The summed E-state index contributed by atoms with van der Waals surface area (Å²) < 4.78 is 25.8. The van der Waals surface area contributed by atoms with Crippen LogP contribution in [0.15, 0.2) is 66.2 Å². The fraction of sp³-hybridized carbons (Fsp3) is 0.488. The van der Waals surface area contributed by atoms with Crippen LogP contribution < -0.4 is 9.47 Å². The Morgan fingerprint density at radius 1 is 1.02 bits per heavy atom. The summed E-state index contributed by atoms with van der Waals surface area (Å²) in [6.07, 6.45) is 6.31. The highest BCUT2D eigenvalue weighted by Gasteiger charge is 2.57. The SMILES string of the molecule is CCCN(C[C@]1(O)CC[C@H]2c3ccc(cc3C(=O)Cc3c(F)cccc3Cl)C[C@@H](O)CCC(C)=CCC[C@@]21C)C(=O)Cc1ccc(OC)c(OC)c1. The smallest absolute Gasteiger partial charge is 0.227 e. The van der Waals surface area contributed by atoms with Crippen LogP contribution in [0.4, 0.5) is 4.39 Å². The predicted molar refractivity (Wildman–Crippen MR) is 203 cm³/mol. The quantitative estimate of drug-likeness (QED) is 0.152. The summed E-state index contributed by atoms with van der Waals surface area (Å²) in [5.74, 6) is 0.00877. The van der Waals surface area contributed by atoms with Gasteiger partial charge in [-0.1, -0.05) is 61.4 Å². The number of hydrogen-bond donors (Lipinski definition) is 2. The lowest BCUT2D eigenvalue weighted by molar-refractivity contribution is -0.139. The highest BCUT2D eigenvalue weighted by molar-refractivity contribution is 6.31. The molecule has 3 aliphatic carbocycles. The van der Waals surface area contributed by atoms with Gasteiger partial charge in [0.25, 0.3) is 0 Å². The molecule has 280 valence electrons. The third kappa shape index (κ3) is 8.56. The second-order valence-corrected chi connectivity index (χ2v) is 15.3. The lowest BCUT2D eigenvalue weighted by Gasteiger charge is -2.46. The van der Waals surface area contributed by atoms with Gasteiger partial charge in [-0.25, -0.2) is 4.39 Å². The molecule has 3 aliphatic rings. The molecule has 2 N–H and O–H groups in total. The number of nitrogens with zero attached hydrogens (tertiary/aromatic N) is 1. The van der Waals surface area contributed by atoms with E-state index in [2.05, 4.69) is 19.9 Å². The summed E-state index contributed by atoms with van der Waals surface area (Å²) >= 11 is 6.38. The van der Waals surface area contributed by atoms with Gasteiger partial charge in [-0.2, -0.15) is 0 Å². The van der Waals surface area contributed by atoms with Crippen molar-refractivity contribution in [3.63, 3.8) is 0 Å². The van der Waals surface area contributed by atoms with E-state index in [1.807, 2.05) is 37.3 Å². The fourth-order valence-electron chi connectivity index (χ4n) is 8.35. The Morgan fingerprint density at radius 2 is 1.79 bits per heavy atom. The first-order valence-electron chi connectivity index (χ1n) is 18.5. The Kier molecular flexibility index (Phi) is 12.9. The van der Waals surface area contributed by atoms with Gasteiger partial charge in [0.15, 0.2) is 17.3 Å². The Bertz CT molecular complexity index is 1770. The zero-order chi connectivity index (χ0) is 37.6. The minimum absolute atomic E-state index is 0.0910. The summed E-state index contributed by atoms with van der Waals surface area (Å²) in [5.41, 5.74) is 2.21. The molecule has 0 saturated heterocycles. The molecular weight excluding hydrogens is 681 g/mol. The highest BCUT2D eigenvalue weighted by atomic mass is 35.5. The number of rotatable bonds is 11. The molecule has 1 amide bonds. The average molecular weight is 734 g/mol. The van der Waals surface area contributed by atoms with Crippen molar-refractivity contribution in [2.75, 3.05) is 27.3 Å². The van der Waals surface area contributed by atoms with Gasteiger partial charge in [-0.15, -0.1) is 0 Å². The zero-order valence-corrected chi connectivity index (χ0v) is 31.9. The van der Waals surface area contributed by atoms with Crippen LogP contribution in [-0.4, -0.2) is 65.8 Å². The molecule has 1 saturated carbocycles. The molecule has 3 aromatic rings. The van der Waals surface area contributed by atoms with Gasteiger partial charge in [-0.05, 0) is 111 Å². The van der Waals surface area contributed by atoms with Crippen molar-refractivity contribution in [1.82, 2.24) is 4.90 Å². The second-order valence-electron chi connectivity index (χ2n) is 14.9. The number of halogens is 2. The molecule has 0 unspecified atom stereocenters. The molecule has 2 bridgehead atoms. The van der Waals surface area contributed by atoms with Crippen LogP contribution in [-0.2, 0) is 24.1 Å². The number of aliphatic hydroxyl groups is 2. The molecule has 7 nitrogen and oxygen atoms in total. The number of benzene rings is 3. The van der Waals surface area contributed by atoms with E-state index in [0.717, 1.165) is 29.5 Å². The number of ether oxygens (including phenoxy) is 2. The maximum Gasteiger partial charge on any atom is 0.227 e. The minimum Gasteiger partial charge on any atom is -0.493 e. The number of fused-ring (bicyclic) bond motifs is 8. The maximum absolute atomic E-state index is 14.9. The molecule has 0 radical (unpaired) electrons. The Labute approximate surface area is 312 Å². The van der Waals surface area contributed by atoms with Crippen LogP contribution in [0.25, 0.3) is 0 Å². The number of Topliss-reactive ketones (excluding diaryl/α,β-unsaturated/α-hetero) is 1. The third-order valence-electron chi connectivity index (χ3n) is 11.5. The third-order valence-corrected chi connectivity index (χ3v) is 11.8. The fourth-order valence-corrected chi connectivity index (χ4v) is 8.58. The molecule has 0 aliphatic heterocycles. The first-order chi connectivity index (χ1) is 24.8. The molecular formula is C43H53ClFNO6. The van der Waals surface area contributed by atoms with E-state index in [0.29, 0.717) is 62.1 Å². The van der Waals surface area contributed by atoms with Crippen molar-refractivity contribution in [3.05, 3.63) is 105 Å². The molecule has 0 aromatic heterocycles. The molecule has 3 aromatic carbocycles. The Morgan fingerprint density at radius 3 is 2.50 bits per heavy atom. The number of carbonyl (C=O) groups excluding carboxylic acids is 2. The van der Waals surface area contributed by atoms with Crippen LogP contribution in [0.2, 0.25) is 5.02 Å². The molecule has 9 heteroatoms. The van der Waals surface area contributed by atoms with Crippen molar-refractivity contribution < 1.29 is 33.7 Å². The molecule has 1 fully saturated rings. The topological polar surface area (TPSA) is 96.3 Å². The van der Waals surface area contributed by atoms with Crippen LogP contribution in [0.5, 0.6) is 11.5 Å². The van der Waals surface area contributed by atoms with Crippen LogP contribution in [0.1, 0.15) is 104 Å². The van der Waals surface area contributed by atoms with Gasteiger partial charge in [0.1, 0.15) is 5.82 Å². The van der Waals surface area contributed by atoms with E-state index in [1.54, 1.807) is 31.3 Å². The van der Waals surface area contributed by atoms with Crippen molar-refractivity contribution in [2.24, 2.45) is 5.41 Å². The van der Waals surface area contributed by atoms with Crippen molar-refractivity contribution in [1.29, 1.82) is 0 Å². The average Bonchev–Trinajstić information content (AvgIpc) is 3.37. The normalized spacial score (nSPS) is 23.4. The number of ketones is 1. The van der Waals surface area contributed by atoms with Gasteiger partial charge < -0.3 is 24.6 Å². The van der Waals surface area contributed by atoms with E-state index >= 15 is 0 Å². The molecule has 52 heavy (non-hydrogen) atoms. The minimum atomic E-state index is -1.26. The van der Waals surface area contributed by atoms with Crippen molar-refractivity contribution in [2.45, 2.75) is 103 Å². The number of carbonyl (C=O) groups is 2. The maximum atomic E-state index is 14.9. The van der Waals surface area contributed by atoms with E-state index < -0.39 is 22.9 Å². The summed E-state index contributed by atoms with van der Waals surface area (Å²) in [6.45, 7) is 6.84. The summed E-state index contributed by atoms with van der Waals surface area (Å²) in [5, 5.41) is 24.0. The van der Waals surface area contributed by atoms with E-state index in [1.165, 1.54) is 17.7 Å². The monoisotopic (exact) mass is 733 g/mol. The first-order valence-corrected chi connectivity index (χ1v) is 18.8. The standard InChI is InChI=1S/C43H53ClFNO6/c1-6-21-46(41(49)25-30-14-17-39(51-4)40(24-30)52-5)27-43(50)20-18-35-32-16-13-29(22-31(47)15-12-28(2)9-8-19-42(35,43)3)23-33(32)38(48)26-34-36(44)10-7-11-37(34)45/h7,9-11,13-14,16-17,23-24,31,35,47,50H,6,8,12,15,18-22,25-27H2,1-5H3/t31-,35-,42-,43+/m0/s1. The van der Waals surface area contributed by atoms with Crippen LogP contribution >= 0.6 is 11.6 Å². The Balaban J connectivity index is 1.53. The van der Waals surface area contributed by atoms with Crippen molar-refractivity contribution in [3.8, 4) is 11.5 Å². The lowest BCUT2D eigenvalue weighted by atomic mass is 9.64. The van der Waals surface area contributed by atoms with Gasteiger partial charge >= 0.3 is 0 Å². The summed E-state index contributed by atoms with van der Waals surface area (Å²) in [7, 11) is 3.13. The van der Waals surface area contributed by atoms with E-state index in [9.17, 15) is 24.2 Å². The van der Waals surface area contributed by atoms with E-state index in [4.69, 9.17) is 21.1 Å². The molecule has 0 heterocycles. The van der Waals surface area contributed by atoms with E-state index in [-0.39, 0.29) is 47.6 Å². The predicted octanol–water partition coefficient (Wildman–Crippen LogP) is 8.44.